The number of carboxylic acids is 1. The van der Waals surface area contributed by atoms with Crippen molar-refractivity contribution in [3.05, 3.63) is 12.2 Å². The predicted molar refractivity (Wildman–Crippen MR) is 47.3 cm³/mol. The lowest BCUT2D eigenvalue weighted by Crippen LogP contribution is -2.06. The van der Waals surface area contributed by atoms with Crippen LogP contribution in [0.4, 0.5) is 4.79 Å². The molecule has 68 valence electrons. The molecule has 13 heavy (non-hydrogen) atoms. The Labute approximate surface area is 74.5 Å². The predicted octanol–water partition coefficient (Wildman–Crippen LogP) is 1.05. The Balaban J connectivity index is 2.82. The van der Waals surface area contributed by atoms with Crippen molar-refractivity contribution in [3.8, 4) is 0 Å². The van der Waals surface area contributed by atoms with E-state index in [0.29, 0.717) is 17.8 Å². The fourth-order valence-corrected chi connectivity index (χ4v) is 0.909. The van der Waals surface area contributed by atoms with Crippen LogP contribution in [0.25, 0.3) is 0 Å². The molecule has 0 aromatic heterocycles. The zero-order valence-electron chi connectivity index (χ0n) is 7.02. The van der Waals surface area contributed by atoms with Gasteiger partial charge in [-0.1, -0.05) is 6.92 Å². The molecule has 1 aliphatic rings. The second-order valence-electron chi connectivity index (χ2n) is 2.36. The molecule has 5 heteroatoms. The van der Waals surface area contributed by atoms with Gasteiger partial charge in [-0.3, -0.25) is 0 Å². The number of carboxylic acid groups (broad SMARTS) is 1. The van der Waals surface area contributed by atoms with Gasteiger partial charge >= 0.3 is 12.0 Å². The zero-order valence-corrected chi connectivity index (χ0v) is 7.02. The van der Waals surface area contributed by atoms with Crippen LogP contribution >= 0.6 is 0 Å². The number of amides is 2. The van der Waals surface area contributed by atoms with Gasteiger partial charge in [0.15, 0.2) is 0 Å². The van der Waals surface area contributed by atoms with Gasteiger partial charge in [-0.15, -0.1) is 0 Å². The van der Waals surface area contributed by atoms with Crippen LogP contribution in [0, 0.1) is 0 Å². The molecule has 1 rings (SSSR count). The minimum absolute atomic E-state index is 0.343. The summed E-state index contributed by atoms with van der Waals surface area (Å²) >= 11 is 0. The second kappa shape index (κ2) is 3.75. The molecule has 2 amide bonds. The lowest BCUT2D eigenvalue weighted by molar-refractivity contribution is -0.131. The molecule has 0 bridgehead atoms. The van der Waals surface area contributed by atoms with Gasteiger partial charge < -0.3 is 5.11 Å². The van der Waals surface area contributed by atoms with Crippen LogP contribution in [0.15, 0.2) is 22.1 Å². The van der Waals surface area contributed by atoms with Crippen LogP contribution in [0.5, 0.6) is 0 Å². The molecule has 0 aliphatic carbocycles. The summed E-state index contributed by atoms with van der Waals surface area (Å²) in [5.41, 5.74) is 0.873. The van der Waals surface area contributed by atoms with Crippen molar-refractivity contribution in [2.45, 2.75) is 13.3 Å². The molecule has 0 aromatic rings. The zero-order chi connectivity index (χ0) is 9.84. The molecule has 5 nitrogen and oxygen atoms in total. The first-order valence-electron chi connectivity index (χ1n) is 3.75. The fraction of sp³-hybridized carbons (Fsp3) is 0.250. The van der Waals surface area contributed by atoms with Crippen LogP contribution in [0.3, 0.4) is 0 Å². The van der Waals surface area contributed by atoms with Gasteiger partial charge in [0, 0.05) is 6.08 Å². The van der Waals surface area contributed by atoms with Crippen molar-refractivity contribution in [2.75, 3.05) is 0 Å². The van der Waals surface area contributed by atoms with Gasteiger partial charge in [0.2, 0.25) is 0 Å². The Morgan fingerprint density at radius 3 is 2.77 bits per heavy atom. The molecule has 1 N–H and O–H groups in total. The molecule has 0 saturated carbocycles. The van der Waals surface area contributed by atoms with E-state index in [-0.39, 0.29) is 0 Å². The molecule has 0 aromatic carbocycles. The number of urea groups is 1. The molecule has 1 heterocycles. The standard InChI is InChI=1S/C8H8N2O3/c1-2-5-6(3-4-7(11)12)10-8(13)9-5/h3-4H,2H2,1H3,(H,11,12). The van der Waals surface area contributed by atoms with Gasteiger partial charge in [-0.2, -0.15) is 9.98 Å². The van der Waals surface area contributed by atoms with Crippen molar-refractivity contribution in [1.29, 1.82) is 0 Å². The normalized spacial score (nSPS) is 16.2. The number of carbonyl (C=O) groups is 2. The summed E-state index contributed by atoms with van der Waals surface area (Å²) in [6.45, 7) is 1.82. The third-order valence-corrected chi connectivity index (χ3v) is 1.46. The van der Waals surface area contributed by atoms with Crippen LogP contribution in [0.2, 0.25) is 0 Å². The summed E-state index contributed by atoms with van der Waals surface area (Å²) in [4.78, 5) is 28.0. The Bertz CT molecular complexity index is 339. The smallest absolute Gasteiger partial charge is 0.367 e. The summed E-state index contributed by atoms with van der Waals surface area (Å²) in [6.07, 6.45) is 2.77. The SMILES string of the molecule is CCC1=NC(=O)N=C1C=CC(=O)O. The maximum atomic E-state index is 10.7. The van der Waals surface area contributed by atoms with Crippen molar-refractivity contribution in [3.63, 3.8) is 0 Å². The van der Waals surface area contributed by atoms with Crippen molar-refractivity contribution in [2.24, 2.45) is 9.98 Å². The summed E-state index contributed by atoms with van der Waals surface area (Å²) in [6, 6.07) is -0.568. The van der Waals surface area contributed by atoms with Crippen molar-refractivity contribution >= 4 is 23.4 Å². The summed E-state index contributed by atoms with van der Waals surface area (Å²) in [5.74, 6) is -1.07. The van der Waals surface area contributed by atoms with E-state index >= 15 is 0 Å². The molecule has 1 aliphatic heterocycles. The molecular formula is C8H8N2O3. The number of carbonyl (C=O) groups excluding carboxylic acids is 1. The molecule has 0 radical (unpaired) electrons. The maximum absolute atomic E-state index is 10.7. The van der Waals surface area contributed by atoms with Gasteiger partial charge in [0.1, 0.15) is 0 Å². The quantitative estimate of drug-likeness (QED) is 0.659. The van der Waals surface area contributed by atoms with Crippen molar-refractivity contribution in [1.82, 2.24) is 0 Å². The van der Waals surface area contributed by atoms with Crippen molar-refractivity contribution < 1.29 is 14.7 Å². The number of nitrogens with zero attached hydrogens (tertiary/aromatic N) is 2. The monoisotopic (exact) mass is 180 g/mol. The average Bonchev–Trinajstić information content (AvgIpc) is 2.42. The van der Waals surface area contributed by atoms with E-state index in [1.807, 2.05) is 6.92 Å². The van der Waals surface area contributed by atoms with Crippen LogP contribution in [-0.2, 0) is 4.79 Å². The van der Waals surface area contributed by atoms with E-state index < -0.39 is 12.0 Å². The number of allylic oxidation sites excluding steroid dienone is 1. The number of rotatable bonds is 3. The number of aliphatic imine (C=N–C) groups is 2. The summed E-state index contributed by atoms with van der Waals surface area (Å²) < 4.78 is 0. The van der Waals surface area contributed by atoms with Crippen LogP contribution < -0.4 is 0 Å². The minimum atomic E-state index is -1.07. The van der Waals surface area contributed by atoms with E-state index in [4.69, 9.17) is 5.11 Å². The van der Waals surface area contributed by atoms with Gasteiger partial charge in [-0.05, 0) is 12.5 Å². The fourth-order valence-electron chi connectivity index (χ4n) is 0.909. The van der Waals surface area contributed by atoms with E-state index in [9.17, 15) is 9.59 Å². The molecule has 0 saturated heterocycles. The number of hydrogen-bond acceptors (Lipinski definition) is 2. The number of aliphatic carboxylic acids is 1. The van der Waals surface area contributed by atoms with Gasteiger partial charge in [0.25, 0.3) is 0 Å². The minimum Gasteiger partial charge on any atom is -0.478 e. The third kappa shape index (κ3) is 2.33. The topological polar surface area (TPSA) is 79.1 Å². The van der Waals surface area contributed by atoms with Crippen LogP contribution in [-0.4, -0.2) is 28.5 Å². The van der Waals surface area contributed by atoms with Crippen LogP contribution in [0.1, 0.15) is 13.3 Å². The first kappa shape index (κ1) is 9.31. The first-order valence-corrected chi connectivity index (χ1v) is 3.75. The largest absolute Gasteiger partial charge is 0.478 e. The Morgan fingerprint density at radius 2 is 2.23 bits per heavy atom. The lowest BCUT2D eigenvalue weighted by atomic mass is 10.2. The van der Waals surface area contributed by atoms with E-state index in [1.54, 1.807) is 0 Å². The molecule has 0 unspecified atom stereocenters. The van der Waals surface area contributed by atoms with Gasteiger partial charge in [0.05, 0.1) is 11.4 Å². The number of hydrogen-bond donors (Lipinski definition) is 1. The van der Waals surface area contributed by atoms with E-state index in [0.717, 1.165) is 6.08 Å². The Morgan fingerprint density at radius 1 is 1.54 bits per heavy atom. The molecular weight excluding hydrogens is 172 g/mol. The van der Waals surface area contributed by atoms with E-state index in [1.165, 1.54) is 6.08 Å². The average molecular weight is 180 g/mol. The Kier molecular flexibility index (Phi) is 2.69. The van der Waals surface area contributed by atoms with Gasteiger partial charge in [-0.25, -0.2) is 9.59 Å². The highest BCUT2D eigenvalue weighted by atomic mass is 16.4. The first-order chi connectivity index (χ1) is 6.13. The molecule has 0 fully saturated rings. The highest BCUT2D eigenvalue weighted by Gasteiger charge is 2.14. The summed E-state index contributed by atoms with van der Waals surface area (Å²) in [7, 11) is 0. The third-order valence-electron chi connectivity index (χ3n) is 1.46. The molecule has 0 spiro atoms. The maximum Gasteiger partial charge on any atom is 0.367 e. The second-order valence-corrected chi connectivity index (χ2v) is 2.36. The highest BCUT2D eigenvalue weighted by molar-refractivity contribution is 6.51. The van der Waals surface area contributed by atoms with E-state index in [2.05, 4.69) is 9.98 Å². The summed E-state index contributed by atoms with van der Waals surface area (Å²) in [5, 5.41) is 8.33. The Hall–Kier alpha value is -1.78. The lowest BCUT2D eigenvalue weighted by Gasteiger charge is -1.92. The molecule has 0 atom stereocenters. The highest BCUT2D eigenvalue weighted by Crippen LogP contribution is 2.03.